The molecule has 39 heavy (non-hydrogen) atoms. The summed E-state index contributed by atoms with van der Waals surface area (Å²) < 4.78 is 19.1. The fourth-order valence-electron chi connectivity index (χ4n) is 3.74. The topological polar surface area (TPSA) is 105 Å². The van der Waals surface area contributed by atoms with Crippen molar-refractivity contribution < 1.29 is 28.3 Å². The molecule has 8 nitrogen and oxygen atoms in total. The van der Waals surface area contributed by atoms with E-state index in [0.717, 1.165) is 27.8 Å². The highest BCUT2D eigenvalue weighted by atomic mass is 35.5. The van der Waals surface area contributed by atoms with Gasteiger partial charge >= 0.3 is 0 Å². The Kier molecular flexibility index (Phi) is 8.68. The van der Waals surface area contributed by atoms with Gasteiger partial charge in [0.25, 0.3) is 17.1 Å². The molecule has 0 saturated carbocycles. The molecule has 0 bridgehead atoms. The highest BCUT2D eigenvalue weighted by Crippen LogP contribution is 2.34. The number of halogens is 2. The van der Waals surface area contributed by atoms with Crippen molar-refractivity contribution >= 4 is 63.8 Å². The lowest BCUT2D eigenvalue weighted by molar-refractivity contribution is -0.127. The first-order valence-corrected chi connectivity index (χ1v) is 12.9. The molecule has 0 atom stereocenters. The van der Waals surface area contributed by atoms with Gasteiger partial charge in [-0.2, -0.15) is 0 Å². The zero-order chi connectivity index (χ0) is 28.1. The van der Waals surface area contributed by atoms with Gasteiger partial charge in [-0.15, -0.1) is 0 Å². The molecule has 0 aliphatic carbocycles. The molecule has 0 spiro atoms. The summed E-state index contributed by atoms with van der Waals surface area (Å²) in [5.74, 6) is -2.02. The van der Waals surface area contributed by atoms with Crippen molar-refractivity contribution in [2.75, 3.05) is 23.8 Å². The molecule has 11 heteroatoms. The monoisotopic (exact) mass is 567 g/mol. The largest absolute Gasteiger partial charge is 0.482 e. The molecule has 3 aromatic rings. The van der Waals surface area contributed by atoms with E-state index in [-0.39, 0.29) is 21.4 Å². The predicted molar refractivity (Wildman–Crippen MR) is 149 cm³/mol. The number of thioether (sulfide) groups is 1. The molecule has 0 unspecified atom stereocenters. The SMILES string of the molecule is Cc1cccc(C)c1NC(=O)CN1C(=O)S/C(=C\c2ccc(OCC(=O)Nc3ccccc3F)c(Cl)c2)C1=O. The Bertz CT molecular complexity index is 1490. The average Bonchev–Trinajstić information content (AvgIpc) is 3.14. The van der Waals surface area contributed by atoms with Crippen molar-refractivity contribution in [3.05, 3.63) is 93.1 Å². The van der Waals surface area contributed by atoms with E-state index in [9.17, 15) is 23.6 Å². The summed E-state index contributed by atoms with van der Waals surface area (Å²) in [4.78, 5) is 51.0. The quantitative estimate of drug-likeness (QED) is 0.334. The third-order valence-electron chi connectivity index (χ3n) is 5.68. The maximum absolute atomic E-state index is 13.7. The number of carbonyl (C=O) groups excluding carboxylic acids is 4. The van der Waals surface area contributed by atoms with E-state index in [1.807, 2.05) is 32.0 Å². The van der Waals surface area contributed by atoms with E-state index in [2.05, 4.69) is 10.6 Å². The second-order valence-electron chi connectivity index (χ2n) is 8.59. The lowest BCUT2D eigenvalue weighted by Crippen LogP contribution is -2.36. The Morgan fingerprint density at radius 3 is 2.41 bits per heavy atom. The van der Waals surface area contributed by atoms with Gasteiger partial charge in [0, 0.05) is 5.69 Å². The van der Waals surface area contributed by atoms with Crippen LogP contribution in [0.3, 0.4) is 0 Å². The van der Waals surface area contributed by atoms with Crippen LogP contribution in [0.5, 0.6) is 5.75 Å². The lowest BCUT2D eigenvalue weighted by Gasteiger charge is -2.15. The summed E-state index contributed by atoms with van der Waals surface area (Å²) >= 11 is 7.00. The van der Waals surface area contributed by atoms with Crippen LogP contribution in [0.15, 0.2) is 65.6 Å². The first kappa shape index (κ1) is 27.9. The summed E-state index contributed by atoms with van der Waals surface area (Å²) in [5, 5.41) is 4.78. The molecular weight excluding hydrogens is 545 g/mol. The molecule has 1 heterocycles. The van der Waals surface area contributed by atoms with Crippen LogP contribution in [0, 0.1) is 19.7 Å². The van der Waals surface area contributed by atoms with Crippen molar-refractivity contribution in [2.24, 2.45) is 0 Å². The molecule has 3 aromatic carbocycles. The van der Waals surface area contributed by atoms with Crippen LogP contribution in [0.25, 0.3) is 6.08 Å². The molecule has 200 valence electrons. The van der Waals surface area contributed by atoms with E-state index >= 15 is 0 Å². The van der Waals surface area contributed by atoms with Crippen molar-refractivity contribution in [3.8, 4) is 5.75 Å². The zero-order valence-corrected chi connectivity index (χ0v) is 22.5. The first-order valence-electron chi connectivity index (χ1n) is 11.7. The van der Waals surface area contributed by atoms with Crippen LogP contribution < -0.4 is 15.4 Å². The lowest BCUT2D eigenvalue weighted by atomic mass is 10.1. The van der Waals surface area contributed by atoms with Crippen molar-refractivity contribution in [2.45, 2.75) is 13.8 Å². The van der Waals surface area contributed by atoms with E-state index in [1.165, 1.54) is 36.4 Å². The normalized spacial score (nSPS) is 14.1. The number of carbonyl (C=O) groups is 4. The van der Waals surface area contributed by atoms with Crippen molar-refractivity contribution in [1.82, 2.24) is 4.90 Å². The number of nitrogens with zero attached hydrogens (tertiary/aromatic N) is 1. The fraction of sp³-hybridized carbons (Fsp3) is 0.143. The predicted octanol–water partition coefficient (Wildman–Crippen LogP) is 5.79. The number of nitrogens with one attached hydrogen (secondary N) is 2. The van der Waals surface area contributed by atoms with E-state index < -0.39 is 41.9 Å². The van der Waals surface area contributed by atoms with Gasteiger partial charge in [-0.1, -0.05) is 48.0 Å². The molecule has 1 aliphatic heterocycles. The van der Waals surface area contributed by atoms with Gasteiger partial charge < -0.3 is 15.4 Å². The van der Waals surface area contributed by atoms with Crippen LogP contribution in [-0.2, 0) is 14.4 Å². The summed E-state index contributed by atoms with van der Waals surface area (Å²) in [6, 6.07) is 15.9. The van der Waals surface area contributed by atoms with Gasteiger partial charge in [0.15, 0.2) is 6.61 Å². The minimum atomic E-state index is -0.595. The first-order chi connectivity index (χ1) is 18.6. The Morgan fingerprint density at radius 1 is 1.00 bits per heavy atom. The number of aryl methyl sites for hydroxylation is 2. The van der Waals surface area contributed by atoms with Crippen LogP contribution in [0.1, 0.15) is 16.7 Å². The number of ether oxygens (including phenoxy) is 1. The fourth-order valence-corrected chi connectivity index (χ4v) is 4.82. The van der Waals surface area contributed by atoms with Gasteiger partial charge in [-0.25, -0.2) is 4.39 Å². The Morgan fingerprint density at radius 2 is 1.72 bits per heavy atom. The minimum absolute atomic E-state index is 0.0317. The number of hydrogen-bond acceptors (Lipinski definition) is 6. The third kappa shape index (κ3) is 6.84. The van der Waals surface area contributed by atoms with Gasteiger partial charge in [0.1, 0.15) is 18.1 Å². The molecular formula is C28H23ClFN3O5S. The van der Waals surface area contributed by atoms with E-state index in [4.69, 9.17) is 16.3 Å². The van der Waals surface area contributed by atoms with Gasteiger partial charge in [0.05, 0.1) is 15.6 Å². The maximum Gasteiger partial charge on any atom is 0.294 e. The van der Waals surface area contributed by atoms with Gasteiger partial charge in [0.2, 0.25) is 5.91 Å². The molecule has 2 N–H and O–H groups in total. The Balaban J connectivity index is 1.37. The van der Waals surface area contributed by atoms with Crippen LogP contribution in [-0.4, -0.2) is 41.0 Å². The number of hydrogen-bond donors (Lipinski definition) is 2. The molecule has 1 aliphatic rings. The summed E-state index contributed by atoms with van der Waals surface area (Å²) in [5.41, 5.74) is 2.92. The second-order valence-corrected chi connectivity index (χ2v) is 9.99. The molecule has 0 radical (unpaired) electrons. The zero-order valence-electron chi connectivity index (χ0n) is 20.9. The number of rotatable bonds is 8. The maximum atomic E-state index is 13.7. The number of amides is 4. The smallest absolute Gasteiger partial charge is 0.294 e. The highest BCUT2D eigenvalue weighted by molar-refractivity contribution is 8.18. The Labute approximate surface area is 233 Å². The molecule has 4 amide bonds. The van der Waals surface area contributed by atoms with Crippen molar-refractivity contribution in [3.63, 3.8) is 0 Å². The number of benzene rings is 3. The van der Waals surface area contributed by atoms with Crippen LogP contribution in [0.4, 0.5) is 20.6 Å². The highest BCUT2D eigenvalue weighted by Gasteiger charge is 2.36. The van der Waals surface area contributed by atoms with Gasteiger partial charge in [-0.3, -0.25) is 24.1 Å². The minimum Gasteiger partial charge on any atom is -0.482 e. The Hall–Kier alpha value is -4.15. The summed E-state index contributed by atoms with van der Waals surface area (Å²) in [6.45, 7) is 2.88. The average molecular weight is 568 g/mol. The summed E-state index contributed by atoms with van der Waals surface area (Å²) in [6.07, 6.45) is 1.48. The van der Waals surface area contributed by atoms with Crippen LogP contribution in [0.2, 0.25) is 5.02 Å². The standard InChI is InChI=1S/C28H23ClFN3O5S/c1-16-6-5-7-17(2)26(16)32-24(34)14-33-27(36)23(39-28(33)37)13-18-10-11-22(19(29)12-18)38-15-25(35)31-21-9-4-3-8-20(21)30/h3-13H,14-15H2,1-2H3,(H,31,35)(H,32,34)/b23-13-. The van der Waals surface area contributed by atoms with E-state index in [0.29, 0.717) is 11.3 Å². The number of para-hydroxylation sites is 2. The van der Waals surface area contributed by atoms with Crippen molar-refractivity contribution in [1.29, 1.82) is 0 Å². The van der Waals surface area contributed by atoms with E-state index in [1.54, 1.807) is 12.1 Å². The molecule has 1 saturated heterocycles. The second kappa shape index (κ2) is 12.1. The number of imide groups is 1. The van der Waals surface area contributed by atoms with Gasteiger partial charge in [-0.05, 0) is 72.6 Å². The number of anilines is 2. The third-order valence-corrected chi connectivity index (χ3v) is 6.88. The molecule has 0 aromatic heterocycles. The molecule has 1 fully saturated rings. The molecule has 4 rings (SSSR count). The summed E-state index contributed by atoms with van der Waals surface area (Å²) in [7, 11) is 0. The van der Waals surface area contributed by atoms with Crippen LogP contribution >= 0.6 is 23.4 Å².